The SMILES string of the molecule is CC(O[Si](c1ccccc1)(c1ccccc1)C(C)(C)C)C(=O)CCCCC[C@H](NC(=O)OC(C)(C)C)C(=O)Nc1ccccc1N. The molecule has 0 aliphatic carbocycles. The highest BCUT2D eigenvalue weighted by atomic mass is 28.4. The lowest BCUT2D eigenvalue weighted by Gasteiger charge is -2.44. The van der Waals surface area contributed by atoms with Crippen molar-refractivity contribution in [3.63, 3.8) is 0 Å². The van der Waals surface area contributed by atoms with Gasteiger partial charge in [-0.2, -0.15) is 0 Å². The van der Waals surface area contributed by atoms with Gasteiger partial charge in [0.2, 0.25) is 5.91 Å². The Kier molecular flexibility index (Phi) is 12.7. The Hall–Kier alpha value is -3.95. The lowest BCUT2D eigenvalue weighted by molar-refractivity contribution is -0.125. The average Bonchev–Trinajstić information content (AvgIpc) is 2.99. The Balaban J connectivity index is 1.64. The van der Waals surface area contributed by atoms with Gasteiger partial charge < -0.3 is 25.5 Å². The lowest BCUT2D eigenvalue weighted by atomic mass is 10.0. The van der Waals surface area contributed by atoms with Crippen LogP contribution < -0.4 is 26.7 Å². The van der Waals surface area contributed by atoms with Crippen LogP contribution in [0.4, 0.5) is 16.2 Å². The molecule has 8 nitrogen and oxygen atoms in total. The molecule has 0 heterocycles. The van der Waals surface area contributed by atoms with Crippen molar-refractivity contribution in [2.45, 2.75) is 103 Å². The number of carbonyl (C=O) groups is 3. The predicted octanol–water partition coefficient (Wildman–Crippen LogP) is 6.59. The molecule has 9 heteroatoms. The Bertz CT molecular complexity index is 1400. The van der Waals surface area contributed by atoms with Crippen molar-refractivity contribution in [2.75, 3.05) is 11.1 Å². The van der Waals surface area contributed by atoms with Gasteiger partial charge >= 0.3 is 6.09 Å². The van der Waals surface area contributed by atoms with Gasteiger partial charge in [0.1, 0.15) is 17.7 Å². The smallest absolute Gasteiger partial charge is 0.408 e. The largest absolute Gasteiger partial charge is 0.444 e. The fourth-order valence-electron chi connectivity index (χ4n) is 5.60. The summed E-state index contributed by atoms with van der Waals surface area (Å²) in [5, 5.41) is 7.55. The van der Waals surface area contributed by atoms with Crippen molar-refractivity contribution in [1.82, 2.24) is 5.32 Å². The molecule has 3 aromatic rings. The number of para-hydroxylation sites is 2. The van der Waals surface area contributed by atoms with Gasteiger partial charge in [0.25, 0.3) is 8.32 Å². The van der Waals surface area contributed by atoms with Crippen molar-refractivity contribution in [1.29, 1.82) is 0 Å². The van der Waals surface area contributed by atoms with Crippen LogP contribution in [0.25, 0.3) is 0 Å². The summed E-state index contributed by atoms with van der Waals surface area (Å²) >= 11 is 0. The van der Waals surface area contributed by atoms with Gasteiger partial charge in [-0.3, -0.25) is 9.59 Å². The fraction of sp³-hybridized carbons (Fsp3) is 0.432. The van der Waals surface area contributed by atoms with Gasteiger partial charge in [0, 0.05) is 6.42 Å². The number of ketones is 1. The van der Waals surface area contributed by atoms with Crippen LogP contribution in [0.2, 0.25) is 5.04 Å². The van der Waals surface area contributed by atoms with Gasteiger partial charge in [0.05, 0.1) is 11.4 Å². The quantitative estimate of drug-likeness (QED) is 0.103. The highest BCUT2D eigenvalue weighted by Gasteiger charge is 2.51. The van der Waals surface area contributed by atoms with Crippen LogP contribution in [0.1, 0.15) is 80.6 Å². The summed E-state index contributed by atoms with van der Waals surface area (Å²) in [7, 11) is -2.85. The van der Waals surface area contributed by atoms with E-state index in [-0.39, 0.29) is 16.7 Å². The van der Waals surface area contributed by atoms with E-state index < -0.39 is 32.2 Å². The van der Waals surface area contributed by atoms with Crippen LogP contribution in [-0.4, -0.2) is 43.8 Å². The van der Waals surface area contributed by atoms with E-state index in [0.29, 0.717) is 43.5 Å². The summed E-state index contributed by atoms with van der Waals surface area (Å²) in [5.41, 5.74) is 6.21. The normalized spacial score (nSPS) is 13.4. The molecule has 0 aliphatic heterocycles. The van der Waals surface area contributed by atoms with E-state index in [1.165, 1.54) is 0 Å². The molecule has 0 aromatic heterocycles. The first-order chi connectivity index (χ1) is 21.6. The number of nitrogens with one attached hydrogen (secondary N) is 2. The zero-order valence-corrected chi connectivity index (χ0v) is 29.4. The Labute approximate surface area is 275 Å². The molecule has 46 heavy (non-hydrogen) atoms. The molecule has 3 rings (SSSR count). The second kappa shape index (κ2) is 16.0. The van der Waals surface area contributed by atoms with Crippen LogP contribution in [0.15, 0.2) is 84.9 Å². The topological polar surface area (TPSA) is 120 Å². The number of alkyl carbamates (subject to hydrolysis) is 1. The summed E-state index contributed by atoms with van der Waals surface area (Å²) in [6, 6.07) is 26.7. The van der Waals surface area contributed by atoms with Crippen LogP contribution in [0, 0.1) is 0 Å². The fourth-order valence-corrected chi connectivity index (χ4v) is 10.3. The van der Waals surface area contributed by atoms with E-state index in [1.54, 1.807) is 45.0 Å². The average molecular weight is 646 g/mol. The van der Waals surface area contributed by atoms with E-state index in [4.69, 9.17) is 14.9 Å². The second-order valence-electron chi connectivity index (χ2n) is 13.8. The molecule has 2 atom stereocenters. The number of hydrogen-bond acceptors (Lipinski definition) is 6. The van der Waals surface area contributed by atoms with Crippen LogP contribution in [0.3, 0.4) is 0 Å². The zero-order valence-electron chi connectivity index (χ0n) is 28.4. The third kappa shape index (κ3) is 10.0. The van der Waals surface area contributed by atoms with E-state index in [0.717, 1.165) is 10.4 Å². The summed E-state index contributed by atoms with van der Waals surface area (Å²) in [5.74, 6) is -0.333. The van der Waals surface area contributed by atoms with Crippen molar-refractivity contribution >= 4 is 47.8 Å². The summed E-state index contributed by atoms with van der Waals surface area (Å²) in [4.78, 5) is 39.2. The monoisotopic (exact) mass is 645 g/mol. The highest BCUT2D eigenvalue weighted by Crippen LogP contribution is 2.37. The molecule has 0 spiro atoms. The number of nitrogens with two attached hydrogens (primary N) is 1. The van der Waals surface area contributed by atoms with Gasteiger partial charge in [-0.05, 0) is 68.1 Å². The van der Waals surface area contributed by atoms with Gasteiger partial charge in [-0.1, -0.05) is 106 Å². The van der Waals surface area contributed by atoms with Crippen LogP contribution in [-0.2, 0) is 18.8 Å². The number of carbonyl (C=O) groups excluding carboxylic acids is 3. The van der Waals surface area contributed by atoms with Gasteiger partial charge in [0.15, 0.2) is 5.78 Å². The number of anilines is 2. The van der Waals surface area contributed by atoms with Crippen molar-refractivity contribution in [3.8, 4) is 0 Å². The van der Waals surface area contributed by atoms with Crippen molar-refractivity contribution in [2.24, 2.45) is 0 Å². The molecule has 2 amide bonds. The minimum absolute atomic E-state index is 0.0497. The molecule has 0 saturated carbocycles. The van der Waals surface area contributed by atoms with Gasteiger partial charge in [-0.25, -0.2) is 4.79 Å². The third-order valence-electron chi connectivity index (χ3n) is 7.87. The number of rotatable bonds is 14. The summed E-state index contributed by atoms with van der Waals surface area (Å²) < 4.78 is 12.4. The number of benzene rings is 3. The molecular formula is C37H51N3O5Si. The number of amides is 2. The predicted molar refractivity (Wildman–Crippen MR) is 189 cm³/mol. The molecule has 3 aromatic carbocycles. The van der Waals surface area contributed by atoms with Gasteiger partial charge in [-0.15, -0.1) is 0 Å². The zero-order chi connectivity index (χ0) is 34.0. The standard InChI is InChI=1S/C37H51N3O5Si/c1-27(45-46(37(5,6)7,28-19-11-8-12-20-28)29-21-13-9-14-22-29)33(41)26-16-10-15-25-32(40-35(43)44-36(2,3)4)34(42)39-31-24-18-17-23-30(31)38/h8-9,11-14,17-24,27,32H,10,15-16,25-26,38H2,1-7H3,(H,39,42)(H,40,43)/t27?,32-/m0/s1. The molecule has 248 valence electrons. The minimum Gasteiger partial charge on any atom is -0.444 e. The molecule has 4 N–H and O–H groups in total. The maximum atomic E-state index is 13.5. The number of Topliss-reactive ketones (excluding diaryl/α,β-unsaturated/α-hetero) is 1. The van der Waals surface area contributed by atoms with Crippen molar-refractivity contribution < 1.29 is 23.5 Å². The first kappa shape index (κ1) is 36.5. The van der Waals surface area contributed by atoms with Crippen LogP contribution >= 0.6 is 0 Å². The highest BCUT2D eigenvalue weighted by molar-refractivity contribution is 6.99. The molecule has 1 unspecified atom stereocenters. The first-order valence-corrected chi connectivity index (χ1v) is 18.0. The summed E-state index contributed by atoms with van der Waals surface area (Å²) in [6.45, 7) is 13.7. The molecular weight excluding hydrogens is 595 g/mol. The van der Waals surface area contributed by atoms with Crippen LogP contribution in [0.5, 0.6) is 0 Å². The second-order valence-corrected chi connectivity index (χ2v) is 18.0. The van der Waals surface area contributed by atoms with E-state index in [9.17, 15) is 14.4 Å². The number of ether oxygens (including phenoxy) is 1. The Morgan fingerprint density at radius 2 is 1.33 bits per heavy atom. The van der Waals surface area contributed by atoms with E-state index >= 15 is 0 Å². The molecule has 0 fully saturated rings. The third-order valence-corrected chi connectivity index (χ3v) is 13.0. The Morgan fingerprint density at radius 3 is 1.85 bits per heavy atom. The lowest BCUT2D eigenvalue weighted by Crippen LogP contribution is -2.68. The molecule has 0 bridgehead atoms. The number of hydrogen-bond donors (Lipinski definition) is 3. The Morgan fingerprint density at radius 1 is 0.783 bits per heavy atom. The number of unbranched alkanes of at least 4 members (excludes halogenated alkanes) is 2. The van der Waals surface area contributed by atoms with E-state index in [2.05, 4.69) is 55.7 Å². The maximum absolute atomic E-state index is 13.5. The van der Waals surface area contributed by atoms with Crippen molar-refractivity contribution in [3.05, 3.63) is 84.9 Å². The summed E-state index contributed by atoms with van der Waals surface area (Å²) in [6.07, 6.45) is 1.43. The minimum atomic E-state index is -2.85. The molecule has 0 saturated heterocycles. The maximum Gasteiger partial charge on any atom is 0.408 e. The van der Waals surface area contributed by atoms with E-state index in [1.807, 2.05) is 43.3 Å². The number of nitrogen functional groups attached to an aromatic ring is 1. The molecule has 0 radical (unpaired) electrons. The molecule has 0 aliphatic rings. The first-order valence-electron chi connectivity index (χ1n) is 16.1.